The van der Waals surface area contributed by atoms with Crippen LogP contribution in [0.25, 0.3) is 0 Å². The van der Waals surface area contributed by atoms with Crippen molar-refractivity contribution in [1.29, 1.82) is 0 Å². The van der Waals surface area contributed by atoms with E-state index in [9.17, 15) is 0 Å². The molecule has 0 aliphatic carbocycles. The quantitative estimate of drug-likeness (QED) is 0.290. The molecule has 0 atom stereocenters. The van der Waals surface area contributed by atoms with Gasteiger partial charge in [-0.3, -0.25) is 0 Å². The summed E-state index contributed by atoms with van der Waals surface area (Å²) in [6, 6.07) is 0. The SMILES string of the molecule is Cl.N.N.N.N.N.[Cl-].[Cl-].[Co+2]. The summed E-state index contributed by atoms with van der Waals surface area (Å²) in [7, 11) is 0. The molecule has 0 aromatic rings. The summed E-state index contributed by atoms with van der Waals surface area (Å²) in [6.07, 6.45) is 0. The van der Waals surface area contributed by atoms with Crippen molar-refractivity contribution < 1.29 is 41.6 Å². The monoisotopic (exact) mass is 250 g/mol. The van der Waals surface area contributed by atoms with Crippen LogP contribution in [0.2, 0.25) is 0 Å². The van der Waals surface area contributed by atoms with Crippen molar-refractivity contribution in [2.75, 3.05) is 0 Å². The minimum atomic E-state index is 0. The smallest absolute Gasteiger partial charge is 1.00 e. The molecule has 9 heteroatoms. The van der Waals surface area contributed by atoms with Gasteiger partial charge in [-0.15, -0.1) is 12.4 Å². The minimum absolute atomic E-state index is 0. The van der Waals surface area contributed by atoms with Crippen LogP contribution in [0.5, 0.6) is 0 Å². The number of rotatable bonds is 0. The molecule has 0 bridgehead atoms. The van der Waals surface area contributed by atoms with E-state index in [1.54, 1.807) is 0 Å². The first-order chi connectivity index (χ1) is 0. The Balaban J connectivity index is 0. The predicted octanol–water partition coefficient (Wildman–Crippen LogP) is -4.76. The standard InChI is InChI=1S/3ClH.Co.5H3N/h3*1H;;5*1H3/q;;;+2;;;;;/p-2. The van der Waals surface area contributed by atoms with E-state index < -0.39 is 0 Å². The number of halogens is 3. The fourth-order valence-electron chi connectivity index (χ4n) is 0. The number of hydrogen-bond acceptors (Lipinski definition) is 5. The normalized spacial score (nSPS) is 0. The molecule has 0 aromatic heterocycles. The van der Waals surface area contributed by atoms with Gasteiger partial charge < -0.3 is 55.6 Å². The van der Waals surface area contributed by atoms with E-state index in [4.69, 9.17) is 0 Å². The zero-order chi connectivity index (χ0) is 0. The molecule has 1 radical (unpaired) electrons. The molecule has 0 fully saturated rings. The molecule has 5 nitrogen and oxygen atoms in total. The van der Waals surface area contributed by atoms with Crippen molar-refractivity contribution in [2.24, 2.45) is 0 Å². The van der Waals surface area contributed by atoms with Gasteiger partial charge in [0, 0.05) is 0 Å². The van der Waals surface area contributed by atoms with Gasteiger partial charge in [0.2, 0.25) is 0 Å². The van der Waals surface area contributed by atoms with Crippen molar-refractivity contribution in [3.05, 3.63) is 0 Å². The van der Waals surface area contributed by atoms with E-state index in [0.29, 0.717) is 0 Å². The van der Waals surface area contributed by atoms with E-state index in [0.717, 1.165) is 0 Å². The van der Waals surface area contributed by atoms with Gasteiger partial charge in [-0.05, 0) is 0 Å². The van der Waals surface area contributed by atoms with Crippen molar-refractivity contribution in [3.63, 3.8) is 0 Å². The summed E-state index contributed by atoms with van der Waals surface area (Å²) >= 11 is 0. The predicted molar refractivity (Wildman–Crippen MR) is 32.4 cm³/mol. The maximum atomic E-state index is 0. The van der Waals surface area contributed by atoms with Crippen LogP contribution in [0.3, 0.4) is 0 Å². The molecule has 0 amide bonds. The molecule has 0 aliphatic heterocycles. The second-order valence-electron chi connectivity index (χ2n) is 0. The first-order valence-electron chi connectivity index (χ1n) is 0. The maximum Gasteiger partial charge on any atom is 2.00 e. The molecular weight excluding hydrogens is 235 g/mol. The van der Waals surface area contributed by atoms with Crippen LogP contribution < -0.4 is 55.6 Å². The molecule has 15 N–H and O–H groups in total. The van der Waals surface area contributed by atoms with Gasteiger partial charge in [0.15, 0.2) is 0 Å². The third kappa shape index (κ3) is 341. The molecule has 0 aromatic carbocycles. The van der Waals surface area contributed by atoms with E-state index >= 15 is 0 Å². The van der Waals surface area contributed by atoms with Gasteiger partial charge in [-0.1, -0.05) is 0 Å². The Bertz CT molecular complexity index is 12.2. The summed E-state index contributed by atoms with van der Waals surface area (Å²) in [5, 5.41) is 0. The minimum Gasteiger partial charge on any atom is -1.00 e. The van der Waals surface area contributed by atoms with Crippen LogP contribution >= 0.6 is 12.4 Å². The van der Waals surface area contributed by atoms with Gasteiger partial charge in [0.05, 0.1) is 0 Å². The molecule has 0 heterocycles. The van der Waals surface area contributed by atoms with Crippen LogP contribution in [-0.4, -0.2) is 0 Å². The average Bonchev–Trinajstić information content (AvgIpc) is 0. The summed E-state index contributed by atoms with van der Waals surface area (Å²) in [5.74, 6) is 0. The second kappa shape index (κ2) is 443. The maximum absolute atomic E-state index is 0. The zero-order valence-corrected chi connectivity index (χ0v) is 8.40. The molecular formula is H16Cl3CoN5. The summed E-state index contributed by atoms with van der Waals surface area (Å²) < 4.78 is 0. The zero-order valence-electron chi connectivity index (χ0n) is 5.03. The second-order valence-corrected chi connectivity index (χ2v) is 0. The first kappa shape index (κ1) is 619. The Labute approximate surface area is 84.8 Å². The van der Waals surface area contributed by atoms with E-state index in [1.807, 2.05) is 0 Å². The summed E-state index contributed by atoms with van der Waals surface area (Å²) in [5.41, 5.74) is 0. The Kier molecular flexibility index (Phi) is 30500. The Hall–Kier alpha value is 1.18. The largest absolute Gasteiger partial charge is 2.00 e. The van der Waals surface area contributed by atoms with Crippen LogP contribution in [-0.2, 0) is 16.8 Å². The molecule has 9 heavy (non-hydrogen) atoms. The van der Waals surface area contributed by atoms with Crippen molar-refractivity contribution in [2.45, 2.75) is 0 Å². The summed E-state index contributed by atoms with van der Waals surface area (Å²) in [6.45, 7) is 0. The van der Waals surface area contributed by atoms with Crippen LogP contribution in [0.4, 0.5) is 0 Å². The van der Waals surface area contributed by atoms with Crippen LogP contribution in [0, 0.1) is 0 Å². The number of hydrogen-bond donors (Lipinski definition) is 5. The first-order valence-corrected chi connectivity index (χ1v) is 0. The van der Waals surface area contributed by atoms with Gasteiger partial charge in [-0.25, -0.2) is 0 Å². The van der Waals surface area contributed by atoms with E-state index in [2.05, 4.69) is 0 Å². The van der Waals surface area contributed by atoms with Crippen molar-refractivity contribution in [1.82, 2.24) is 30.8 Å². The molecule has 0 saturated carbocycles. The fourth-order valence-corrected chi connectivity index (χ4v) is 0. The van der Waals surface area contributed by atoms with Gasteiger partial charge >= 0.3 is 16.8 Å². The molecule has 0 spiro atoms. The van der Waals surface area contributed by atoms with Crippen molar-refractivity contribution in [3.8, 4) is 0 Å². The van der Waals surface area contributed by atoms with E-state index in [-0.39, 0.29) is 84.8 Å². The van der Waals surface area contributed by atoms with Gasteiger partial charge in [0.1, 0.15) is 0 Å². The third-order valence-electron chi connectivity index (χ3n) is 0. The van der Waals surface area contributed by atoms with Crippen LogP contribution in [0.15, 0.2) is 0 Å². The average molecular weight is 251 g/mol. The van der Waals surface area contributed by atoms with Crippen LogP contribution in [0.1, 0.15) is 0 Å². The van der Waals surface area contributed by atoms with Gasteiger partial charge in [-0.2, -0.15) is 0 Å². The van der Waals surface area contributed by atoms with Gasteiger partial charge in [0.25, 0.3) is 0 Å². The molecule has 0 aliphatic rings. The van der Waals surface area contributed by atoms with E-state index in [1.165, 1.54) is 0 Å². The molecule has 0 saturated heterocycles. The Morgan fingerprint density at radius 3 is 0.444 bits per heavy atom. The Morgan fingerprint density at radius 1 is 0.444 bits per heavy atom. The summed E-state index contributed by atoms with van der Waals surface area (Å²) in [4.78, 5) is 0. The van der Waals surface area contributed by atoms with Crippen molar-refractivity contribution >= 4 is 12.4 Å². The Morgan fingerprint density at radius 2 is 0.444 bits per heavy atom. The molecule has 0 unspecified atom stereocenters. The third-order valence-corrected chi connectivity index (χ3v) is 0. The molecule has 71 valence electrons. The topological polar surface area (TPSA) is 175 Å². The molecule has 0 rings (SSSR count). The fraction of sp³-hybridized carbons (Fsp3) is 0.